The van der Waals surface area contributed by atoms with E-state index in [4.69, 9.17) is 9.47 Å². The fourth-order valence-corrected chi connectivity index (χ4v) is 0.974. The SMILES string of the molecule is [CH2-]COC1CCCCO1.[CH2-]I.[Mg+2]. The van der Waals surface area contributed by atoms with Gasteiger partial charge in [-0.05, 0) is 19.3 Å². The van der Waals surface area contributed by atoms with Gasteiger partial charge >= 0.3 is 23.1 Å². The molecule has 12 heavy (non-hydrogen) atoms. The van der Waals surface area contributed by atoms with Gasteiger partial charge in [-0.25, -0.2) is 0 Å². The Morgan fingerprint density at radius 2 is 2.08 bits per heavy atom. The van der Waals surface area contributed by atoms with Crippen molar-refractivity contribution in [1.82, 2.24) is 0 Å². The first-order valence-electron chi connectivity index (χ1n) is 3.72. The molecule has 68 valence electrons. The van der Waals surface area contributed by atoms with Crippen molar-refractivity contribution in [3.8, 4) is 0 Å². The molecule has 1 fully saturated rings. The molecule has 0 radical (unpaired) electrons. The van der Waals surface area contributed by atoms with Crippen molar-refractivity contribution in [1.29, 1.82) is 0 Å². The molecule has 0 N–H and O–H groups in total. The van der Waals surface area contributed by atoms with E-state index < -0.39 is 0 Å². The van der Waals surface area contributed by atoms with Crippen molar-refractivity contribution in [2.45, 2.75) is 25.6 Å². The fraction of sp³-hybridized carbons (Fsp3) is 0.750. The zero-order valence-electron chi connectivity index (χ0n) is 7.43. The van der Waals surface area contributed by atoms with Gasteiger partial charge in [-0.3, -0.25) is 4.93 Å². The van der Waals surface area contributed by atoms with Crippen LogP contribution < -0.4 is 0 Å². The van der Waals surface area contributed by atoms with Gasteiger partial charge in [0, 0.05) is 6.61 Å². The van der Waals surface area contributed by atoms with Gasteiger partial charge in [0.05, 0.1) is 0 Å². The van der Waals surface area contributed by atoms with E-state index in [0.29, 0.717) is 6.61 Å². The monoisotopic (exact) mass is 294 g/mol. The summed E-state index contributed by atoms with van der Waals surface area (Å²) in [4.78, 5) is 3.22. The molecular weight excluding hydrogens is 279 g/mol. The third-order valence-corrected chi connectivity index (χ3v) is 1.44. The van der Waals surface area contributed by atoms with E-state index in [1.54, 1.807) is 0 Å². The largest absolute Gasteiger partial charge is 2.00 e. The van der Waals surface area contributed by atoms with Gasteiger partial charge in [-0.15, -0.1) is 0 Å². The smallest absolute Gasteiger partial charge is 0.385 e. The van der Waals surface area contributed by atoms with Crippen LogP contribution in [-0.2, 0) is 9.47 Å². The second-order valence-electron chi connectivity index (χ2n) is 2.17. The molecule has 1 rings (SSSR count). The molecule has 1 heterocycles. The molecule has 0 bridgehead atoms. The van der Waals surface area contributed by atoms with E-state index >= 15 is 0 Å². The molecule has 0 saturated carbocycles. The second-order valence-corrected chi connectivity index (χ2v) is 2.17. The first-order chi connectivity index (χ1) is 5.43. The van der Waals surface area contributed by atoms with Gasteiger partial charge in [0.25, 0.3) is 0 Å². The summed E-state index contributed by atoms with van der Waals surface area (Å²) in [6.07, 6.45) is 3.48. The van der Waals surface area contributed by atoms with E-state index in [9.17, 15) is 0 Å². The molecular formula is C8H15IMgO2. The minimum absolute atomic E-state index is 0. The summed E-state index contributed by atoms with van der Waals surface area (Å²) in [7, 11) is 0. The quantitative estimate of drug-likeness (QED) is 0.441. The van der Waals surface area contributed by atoms with Crippen LogP contribution in [0.2, 0.25) is 0 Å². The fourth-order valence-electron chi connectivity index (χ4n) is 0.974. The van der Waals surface area contributed by atoms with E-state index in [1.807, 2.05) is 22.6 Å². The summed E-state index contributed by atoms with van der Waals surface area (Å²) in [6, 6.07) is 0. The van der Waals surface area contributed by atoms with Crippen LogP contribution in [0.3, 0.4) is 0 Å². The van der Waals surface area contributed by atoms with Crippen LogP contribution in [0.1, 0.15) is 19.3 Å². The predicted octanol–water partition coefficient (Wildman–Crippen LogP) is 2.20. The maximum absolute atomic E-state index is 5.26. The Labute approximate surface area is 105 Å². The number of rotatable bonds is 2. The van der Waals surface area contributed by atoms with Crippen molar-refractivity contribution in [3.63, 3.8) is 0 Å². The molecule has 1 aliphatic rings. The van der Waals surface area contributed by atoms with Crippen LogP contribution in [0.5, 0.6) is 0 Å². The molecule has 2 nitrogen and oxygen atoms in total. The third-order valence-electron chi connectivity index (χ3n) is 1.44. The van der Waals surface area contributed by atoms with E-state index in [2.05, 4.69) is 11.9 Å². The topological polar surface area (TPSA) is 18.5 Å². The Kier molecular flexibility index (Phi) is 16.4. The minimum Gasteiger partial charge on any atom is -0.385 e. The predicted molar refractivity (Wildman–Crippen MR) is 60.0 cm³/mol. The molecule has 1 atom stereocenters. The van der Waals surface area contributed by atoms with Crippen LogP contribution in [0.15, 0.2) is 0 Å². The molecule has 0 aromatic carbocycles. The zero-order chi connectivity index (χ0) is 8.53. The van der Waals surface area contributed by atoms with Gasteiger partial charge in [0.2, 0.25) is 0 Å². The summed E-state index contributed by atoms with van der Waals surface area (Å²) >= 11 is 1.90. The summed E-state index contributed by atoms with van der Waals surface area (Å²) in [5.74, 6) is 0. The average molecular weight is 294 g/mol. The van der Waals surface area contributed by atoms with E-state index in [1.165, 1.54) is 12.8 Å². The van der Waals surface area contributed by atoms with Gasteiger partial charge < -0.3 is 39.0 Å². The normalized spacial score (nSPS) is 21.8. The number of ether oxygens (including phenoxy) is 2. The molecule has 1 unspecified atom stereocenters. The summed E-state index contributed by atoms with van der Waals surface area (Å²) in [5.41, 5.74) is 0. The maximum atomic E-state index is 5.26. The third kappa shape index (κ3) is 8.03. The Balaban J connectivity index is 0. The van der Waals surface area contributed by atoms with Gasteiger partial charge in [-0.2, -0.15) is 0 Å². The molecule has 4 heteroatoms. The van der Waals surface area contributed by atoms with Gasteiger partial charge in [0.1, 0.15) is 0 Å². The molecule has 1 saturated heterocycles. The average Bonchev–Trinajstić information content (AvgIpc) is 2.11. The Morgan fingerprint density at radius 3 is 2.50 bits per heavy atom. The van der Waals surface area contributed by atoms with E-state index in [-0.39, 0.29) is 29.3 Å². The van der Waals surface area contributed by atoms with Gasteiger partial charge in [0.15, 0.2) is 6.29 Å². The van der Waals surface area contributed by atoms with Crippen molar-refractivity contribution < 1.29 is 9.47 Å². The van der Waals surface area contributed by atoms with Crippen molar-refractivity contribution in [3.05, 3.63) is 11.9 Å². The maximum Gasteiger partial charge on any atom is 2.00 e. The van der Waals surface area contributed by atoms with Crippen LogP contribution in [0, 0.1) is 11.9 Å². The molecule has 0 aromatic rings. The van der Waals surface area contributed by atoms with Crippen molar-refractivity contribution in [2.75, 3.05) is 13.2 Å². The summed E-state index contributed by atoms with van der Waals surface area (Å²) < 4.78 is 10.4. The van der Waals surface area contributed by atoms with Crippen LogP contribution in [0.25, 0.3) is 0 Å². The van der Waals surface area contributed by atoms with Gasteiger partial charge in [-0.1, -0.05) is 6.61 Å². The molecule has 0 aromatic heterocycles. The first kappa shape index (κ1) is 15.9. The summed E-state index contributed by atoms with van der Waals surface area (Å²) in [5, 5.41) is 0. The Morgan fingerprint density at radius 1 is 1.42 bits per heavy atom. The Bertz CT molecular complexity index is 74.7. The Hall–Kier alpha value is 1.42. The summed E-state index contributed by atoms with van der Waals surface area (Å²) in [6.45, 7) is 4.95. The zero-order valence-corrected chi connectivity index (χ0v) is 11.0. The van der Waals surface area contributed by atoms with E-state index in [0.717, 1.165) is 13.0 Å². The molecule has 0 spiro atoms. The van der Waals surface area contributed by atoms with Crippen LogP contribution >= 0.6 is 22.6 Å². The second kappa shape index (κ2) is 12.4. The first-order valence-corrected chi connectivity index (χ1v) is 5.25. The molecule has 0 aliphatic carbocycles. The van der Waals surface area contributed by atoms with Crippen molar-refractivity contribution >= 4 is 45.6 Å². The van der Waals surface area contributed by atoms with Crippen LogP contribution in [-0.4, -0.2) is 42.6 Å². The van der Waals surface area contributed by atoms with Crippen LogP contribution in [0.4, 0.5) is 0 Å². The standard InChI is InChI=1S/C7H13O2.CH2I.Mg/c1-2-8-7-5-3-4-6-9-7;1-2;/h7H,1-6H2;1H2;/q2*-1;+2. The molecule has 0 amide bonds. The van der Waals surface area contributed by atoms with Crippen molar-refractivity contribution in [2.24, 2.45) is 0 Å². The minimum atomic E-state index is 0. The molecule has 1 aliphatic heterocycles. The number of halogens is 1. The number of hydrogen-bond donors (Lipinski definition) is 0. The number of hydrogen-bond acceptors (Lipinski definition) is 2.